The summed E-state index contributed by atoms with van der Waals surface area (Å²) in [6.45, 7) is 6.23. The van der Waals surface area contributed by atoms with Gasteiger partial charge in [-0.1, -0.05) is 35.9 Å². The molecule has 2 aromatic rings. The Morgan fingerprint density at radius 3 is 2.78 bits per heavy atom. The first-order valence-electron chi connectivity index (χ1n) is 8.21. The molecule has 4 rings (SSSR count). The van der Waals surface area contributed by atoms with E-state index in [4.69, 9.17) is 0 Å². The lowest BCUT2D eigenvalue weighted by Crippen LogP contribution is -2.47. The van der Waals surface area contributed by atoms with E-state index in [2.05, 4.69) is 63.7 Å². The van der Waals surface area contributed by atoms with Crippen molar-refractivity contribution in [2.24, 2.45) is 0 Å². The van der Waals surface area contributed by atoms with Gasteiger partial charge in [0.05, 0.1) is 11.7 Å². The lowest BCUT2D eigenvalue weighted by molar-refractivity contribution is 0.139. The Kier molecular flexibility index (Phi) is 3.85. The molecule has 1 aromatic heterocycles. The van der Waals surface area contributed by atoms with Crippen molar-refractivity contribution in [1.29, 1.82) is 0 Å². The van der Waals surface area contributed by atoms with Crippen LogP contribution in [0.5, 0.6) is 0 Å². The molecule has 1 N–H and O–H groups in total. The molecule has 0 saturated carbocycles. The highest BCUT2D eigenvalue weighted by Crippen LogP contribution is 2.26. The van der Waals surface area contributed by atoms with Crippen LogP contribution in [0.25, 0.3) is 0 Å². The fourth-order valence-corrected chi connectivity index (χ4v) is 3.26. The highest BCUT2D eigenvalue weighted by atomic mass is 15.6. The number of aromatic nitrogens is 1. The average molecular weight is 306 g/mol. The van der Waals surface area contributed by atoms with Crippen molar-refractivity contribution in [3.8, 4) is 0 Å². The maximum absolute atomic E-state index is 4.47. The summed E-state index contributed by atoms with van der Waals surface area (Å²) in [7, 11) is 0. The average Bonchev–Trinajstić information content (AvgIpc) is 3.01. The number of fused-ring (bicyclic) bond motifs is 1. The zero-order chi connectivity index (χ0) is 15.6. The van der Waals surface area contributed by atoms with E-state index < -0.39 is 0 Å². The summed E-state index contributed by atoms with van der Waals surface area (Å²) in [6, 6.07) is 15.1. The van der Waals surface area contributed by atoms with Crippen LogP contribution in [0.1, 0.15) is 22.9 Å². The van der Waals surface area contributed by atoms with E-state index >= 15 is 0 Å². The molecule has 118 valence electrons. The SMILES string of the molecule is Cc1ccc(CN2CCN3NC(c4ccccn4)C=C3C2)cc1. The van der Waals surface area contributed by atoms with E-state index in [1.807, 2.05) is 18.3 Å². The molecule has 0 amide bonds. The first-order valence-corrected chi connectivity index (χ1v) is 8.21. The number of hydrogen-bond acceptors (Lipinski definition) is 4. The summed E-state index contributed by atoms with van der Waals surface area (Å²) >= 11 is 0. The van der Waals surface area contributed by atoms with Crippen LogP contribution in [0, 0.1) is 6.92 Å². The van der Waals surface area contributed by atoms with Gasteiger partial charge in [-0.3, -0.25) is 9.88 Å². The van der Waals surface area contributed by atoms with E-state index in [1.54, 1.807) is 0 Å². The summed E-state index contributed by atoms with van der Waals surface area (Å²) in [5.74, 6) is 0. The molecule has 1 fully saturated rings. The van der Waals surface area contributed by atoms with Gasteiger partial charge in [0.25, 0.3) is 0 Å². The Morgan fingerprint density at radius 2 is 2.00 bits per heavy atom. The van der Waals surface area contributed by atoms with Gasteiger partial charge in [0.15, 0.2) is 0 Å². The summed E-state index contributed by atoms with van der Waals surface area (Å²) in [5.41, 5.74) is 8.70. The van der Waals surface area contributed by atoms with Crippen molar-refractivity contribution in [2.75, 3.05) is 19.6 Å². The number of pyridine rings is 1. The minimum atomic E-state index is 0.200. The zero-order valence-electron chi connectivity index (χ0n) is 13.4. The third-order valence-electron chi connectivity index (χ3n) is 4.56. The standard InChI is InChI=1S/C19H22N4/c1-15-5-7-16(8-6-15)13-22-10-11-23-17(14-22)12-19(21-23)18-4-2-3-9-20-18/h2-9,12,19,21H,10-11,13-14H2,1H3. The van der Waals surface area contributed by atoms with E-state index in [9.17, 15) is 0 Å². The number of hydrogen-bond donors (Lipinski definition) is 1. The van der Waals surface area contributed by atoms with Crippen LogP contribution < -0.4 is 5.43 Å². The van der Waals surface area contributed by atoms with Crippen LogP contribution in [-0.4, -0.2) is 34.5 Å². The fourth-order valence-electron chi connectivity index (χ4n) is 3.26. The number of nitrogens with zero attached hydrogens (tertiary/aromatic N) is 3. The predicted molar refractivity (Wildman–Crippen MR) is 91.4 cm³/mol. The van der Waals surface area contributed by atoms with Gasteiger partial charge in [-0.05, 0) is 30.7 Å². The van der Waals surface area contributed by atoms with Crippen molar-refractivity contribution in [1.82, 2.24) is 20.3 Å². The van der Waals surface area contributed by atoms with Crippen molar-refractivity contribution in [2.45, 2.75) is 19.5 Å². The second kappa shape index (κ2) is 6.14. The smallest absolute Gasteiger partial charge is 0.0884 e. The molecule has 1 saturated heterocycles. The van der Waals surface area contributed by atoms with Gasteiger partial charge in [0.1, 0.15) is 0 Å². The molecule has 4 heteroatoms. The Hall–Kier alpha value is -2.17. The second-order valence-electron chi connectivity index (χ2n) is 6.37. The van der Waals surface area contributed by atoms with Crippen LogP contribution >= 0.6 is 0 Å². The van der Waals surface area contributed by atoms with Crippen LogP contribution in [-0.2, 0) is 6.54 Å². The van der Waals surface area contributed by atoms with Gasteiger partial charge < -0.3 is 5.01 Å². The zero-order valence-corrected chi connectivity index (χ0v) is 13.4. The normalized spacial score (nSPS) is 21.2. The molecule has 0 aliphatic carbocycles. The number of piperazine rings is 1. The molecule has 23 heavy (non-hydrogen) atoms. The van der Waals surface area contributed by atoms with Crippen LogP contribution in [0.4, 0.5) is 0 Å². The molecule has 0 radical (unpaired) electrons. The molecule has 0 bridgehead atoms. The Balaban J connectivity index is 1.44. The maximum Gasteiger partial charge on any atom is 0.0884 e. The Labute approximate surface area is 137 Å². The van der Waals surface area contributed by atoms with Crippen molar-refractivity contribution < 1.29 is 0 Å². The van der Waals surface area contributed by atoms with E-state index in [0.717, 1.165) is 31.9 Å². The van der Waals surface area contributed by atoms with Gasteiger partial charge >= 0.3 is 0 Å². The Bertz CT molecular complexity index is 693. The minimum Gasteiger partial charge on any atom is -0.309 e. The first kappa shape index (κ1) is 14.4. The molecular weight excluding hydrogens is 284 g/mol. The molecule has 1 atom stereocenters. The number of benzene rings is 1. The molecule has 1 unspecified atom stereocenters. The second-order valence-corrected chi connectivity index (χ2v) is 6.37. The van der Waals surface area contributed by atoms with Crippen molar-refractivity contribution >= 4 is 0 Å². The van der Waals surface area contributed by atoms with Gasteiger partial charge in [0, 0.05) is 38.1 Å². The fraction of sp³-hybridized carbons (Fsp3) is 0.316. The largest absolute Gasteiger partial charge is 0.309 e. The van der Waals surface area contributed by atoms with E-state index in [0.29, 0.717) is 0 Å². The monoisotopic (exact) mass is 306 g/mol. The molecule has 4 nitrogen and oxygen atoms in total. The summed E-state index contributed by atoms with van der Waals surface area (Å²) in [6.07, 6.45) is 4.17. The van der Waals surface area contributed by atoms with E-state index in [1.165, 1.54) is 16.8 Å². The van der Waals surface area contributed by atoms with Crippen LogP contribution in [0.2, 0.25) is 0 Å². The third kappa shape index (κ3) is 3.14. The van der Waals surface area contributed by atoms with Crippen molar-refractivity contribution in [3.63, 3.8) is 0 Å². The third-order valence-corrected chi connectivity index (χ3v) is 4.56. The van der Waals surface area contributed by atoms with Crippen molar-refractivity contribution in [3.05, 3.63) is 77.3 Å². The topological polar surface area (TPSA) is 31.4 Å². The first-order chi connectivity index (χ1) is 11.3. The number of aryl methyl sites for hydroxylation is 1. The van der Waals surface area contributed by atoms with E-state index in [-0.39, 0.29) is 6.04 Å². The predicted octanol–water partition coefficient (Wildman–Crippen LogP) is 2.65. The highest BCUT2D eigenvalue weighted by molar-refractivity contribution is 5.25. The summed E-state index contributed by atoms with van der Waals surface area (Å²) in [5, 5.41) is 2.28. The molecule has 3 heterocycles. The van der Waals surface area contributed by atoms with Crippen LogP contribution in [0.15, 0.2) is 60.4 Å². The van der Waals surface area contributed by atoms with Gasteiger partial charge in [-0.25, -0.2) is 5.43 Å². The quantitative estimate of drug-likeness (QED) is 0.944. The van der Waals surface area contributed by atoms with Gasteiger partial charge in [-0.2, -0.15) is 0 Å². The maximum atomic E-state index is 4.47. The number of rotatable bonds is 3. The minimum absolute atomic E-state index is 0.200. The summed E-state index contributed by atoms with van der Waals surface area (Å²) in [4.78, 5) is 6.98. The molecular formula is C19H22N4. The lowest BCUT2D eigenvalue weighted by atomic mass is 10.1. The highest BCUT2D eigenvalue weighted by Gasteiger charge is 2.29. The molecule has 1 aromatic carbocycles. The lowest BCUT2D eigenvalue weighted by Gasteiger charge is -2.35. The van der Waals surface area contributed by atoms with Gasteiger partial charge in [-0.15, -0.1) is 0 Å². The molecule has 0 spiro atoms. The number of nitrogens with one attached hydrogen (secondary N) is 1. The van der Waals surface area contributed by atoms with Crippen LogP contribution in [0.3, 0.4) is 0 Å². The molecule has 2 aliphatic rings. The van der Waals surface area contributed by atoms with Gasteiger partial charge in [0.2, 0.25) is 0 Å². The number of hydrazine groups is 1. The summed E-state index contributed by atoms with van der Waals surface area (Å²) < 4.78 is 0. The Morgan fingerprint density at radius 1 is 1.13 bits per heavy atom. The molecule has 2 aliphatic heterocycles.